The number of fused-ring (bicyclic) bond motifs is 1. The van der Waals surface area contributed by atoms with Gasteiger partial charge in [0.15, 0.2) is 4.96 Å². The third-order valence-electron chi connectivity index (χ3n) is 3.82. The molecule has 0 N–H and O–H groups in total. The molecule has 0 saturated carbocycles. The summed E-state index contributed by atoms with van der Waals surface area (Å²) in [5, 5.41) is 1.93. The van der Waals surface area contributed by atoms with Crippen LogP contribution in [0.2, 0.25) is 0 Å². The van der Waals surface area contributed by atoms with Gasteiger partial charge in [0.25, 0.3) is 5.56 Å². The Morgan fingerprint density at radius 1 is 1.57 bits per heavy atom. The molecule has 1 saturated heterocycles. The standard InChI is InChI=1S/C14H17N3O3S/c1-9-8-21-14-15-11(5-12(18)17(9)14)7-16-4-3-10(6-16)13(19)20-2/h5,8,10H,3-4,6-7H2,1-2H3. The Kier molecular flexibility index (Phi) is 3.77. The second-order valence-corrected chi connectivity index (χ2v) is 6.16. The molecule has 21 heavy (non-hydrogen) atoms. The number of nitrogens with zero attached hydrogens (tertiary/aromatic N) is 3. The number of ether oxygens (including phenoxy) is 1. The van der Waals surface area contributed by atoms with Crippen LogP contribution in [0.3, 0.4) is 0 Å². The van der Waals surface area contributed by atoms with Crippen LogP contribution < -0.4 is 5.56 Å². The highest BCUT2D eigenvalue weighted by Gasteiger charge is 2.29. The summed E-state index contributed by atoms with van der Waals surface area (Å²) in [5.41, 5.74) is 1.62. The Morgan fingerprint density at radius 3 is 3.14 bits per heavy atom. The highest BCUT2D eigenvalue weighted by molar-refractivity contribution is 7.15. The predicted molar refractivity (Wildman–Crippen MR) is 79.5 cm³/mol. The van der Waals surface area contributed by atoms with Crippen molar-refractivity contribution in [2.75, 3.05) is 20.2 Å². The first-order chi connectivity index (χ1) is 10.1. The maximum Gasteiger partial charge on any atom is 0.310 e. The van der Waals surface area contributed by atoms with E-state index in [2.05, 4.69) is 9.88 Å². The van der Waals surface area contributed by atoms with E-state index < -0.39 is 0 Å². The summed E-state index contributed by atoms with van der Waals surface area (Å²) in [5.74, 6) is -0.223. The van der Waals surface area contributed by atoms with Crippen LogP contribution in [0.25, 0.3) is 4.96 Å². The number of aryl methyl sites for hydroxylation is 1. The van der Waals surface area contributed by atoms with Gasteiger partial charge >= 0.3 is 5.97 Å². The van der Waals surface area contributed by atoms with Gasteiger partial charge in [-0.1, -0.05) is 0 Å². The number of hydrogen-bond acceptors (Lipinski definition) is 6. The zero-order chi connectivity index (χ0) is 15.0. The topological polar surface area (TPSA) is 63.9 Å². The highest BCUT2D eigenvalue weighted by Crippen LogP contribution is 2.19. The van der Waals surface area contributed by atoms with Gasteiger partial charge in [0.2, 0.25) is 0 Å². The van der Waals surface area contributed by atoms with Crippen LogP contribution in [-0.4, -0.2) is 40.5 Å². The molecule has 112 valence electrons. The fourth-order valence-corrected chi connectivity index (χ4v) is 3.64. The Morgan fingerprint density at radius 2 is 2.38 bits per heavy atom. The van der Waals surface area contributed by atoms with Gasteiger partial charge < -0.3 is 4.74 Å². The summed E-state index contributed by atoms with van der Waals surface area (Å²) in [6, 6.07) is 1.58. The number of esters is 1. The molecule has 1 aliphatic heterocycles. The second kappa shape index (κ2) is 5.57. The van der Waals surface area contributed by atoms with Crippen LogP contribution in [0.4, 0.5) is 0 Å². The lowest BCUT2D eigenvalue weighted by Crippen LogP contribution is -2.25. The van der Waals surface area contributed by atoms with Crippen molar-refractivity contribution in [3.63, 3.8) is 0 Å². The van der Waals surface area contributed by atoms with Crippen LogP contribution >= 0.6 is 11.3 Å². The quantitative estimate of drug-likeness (QED) is 0.793. The molecule has 6 nitrogen and oxygen atoms in total. The minimum absolute atomic E-state index is 0.0440. The number of carbonyl (C=O) groups excluding carboxylic acids is 1. The molecule has 0 aliphatic carbocycles. The molecule has 1 atom stereocenters. The number of likely N-dealkylation sites (tertiary alicyclic amines) is 1. The maximum absolute atomic E-state index is 12.1. The molecule has 0 radical (unpaired) electrons. The summed E-state index contributed by atoms with van der Waals surface area (Å²) in [6.45, 7) is 3.98. The third-order valence-corrected chi connectivity index (χ3v) is 4.76. The van der Waals surface area contributed by atoms with Crippen molar-refractivity contribution in [1.29, 1.82) is 0 Å². The zero-order valence-corrected chi connectivity index (χ0v) is 12.9. The van der Waals surface area contributed by atoms with Crippen molar-refractivity contribution in [3.05, 3.63) is 33.2 Å². The van der Waals surface area contributed by atoms with Crippen molar-refractivity contribution in [1.82, 2.24) is 14.3 Å². The third kappa shape index (κ3) is 2.71. The smallest absolute Gasteiger partial charge is 0.310 e. The lowest BCUT2D eigenvalue weighted by atomic mass is 10.1. The number of hydrogen-bond donors (Lipinski definition) is 0. The summed E-state index contributed by atoms with van der Waals surface area (Å²) >= 11 is 1.47. The lowest BCUT2D eigenvalue weighted by molar-refractivity contribution is -0.144. The van der Waals surface area contributed by atoms with Crippen LogP contribution in [0.1, 0.15) is 17.8 Å². The van der Waals surface area contributed by atoms with E-state index in [1.54, 1.807) is 10.5 Å². The van der Waals surface area contributed by atoms with Crippen molar-refractivity contribution in [3.8, 4) is 0 Å². The molecular formula is C14H17N3O3S. The van der Waals surface area contributed by atoms with Crippen molar-refractivity contribution in [2.24, 2.45) is 5.92 Å². The fraction of sp³-hybridized carbons (Fsp3) is 0.500. The minimum Gasteiger partial charge on any atom is -0.469 e. The van der Waals surface area contributed by atoms with Crippen LogP contribution in [0.5, 0.6) is 0 Å². The maximum atomic E-state index is 12.1. The van der Waals surface area contributed by atoms with Gasteiger partial charge in [0.05, 0.1) is 18.7 Å². The monoisotopic (exact) mass is 307 g/mol. The summed E-state index contributed by atoms with van der Waals surface area (Å²) in [7, 11) is 1.42. The Hall–Kier alpha value is -1.73. The first-order valence-electron chi connectivity index (χ1n) is 6.85. The second-order valence-electron chi connectivity index (χ2n) is 5.32. The van der Waals surface area contributed by atoms with Crippen LogP contribution in [-0.2, 0) is 16.1 Å². The SMILES string of the molecule is COC(=O)C1CCN(Cc2cc(=O)n3c(C)csc3n2)C1. The van der Waals surface area contributed by atoms with Crippen molar-refractivity contribution >= 4 is 22.3 Å². The fourth-order valence-electron chi connectivity index (χ4n) is 2.75. The van der Waals surface area contributed by atoms with E-state index in [9.17, 15) is 9.59 Å². The molecule has 0 spiro atoms. The average molecular weight is 307 g/mol. The number of aromatic nitrogens is 2. The molecule has 1 fully saturated rings. The molecule has 3 rings (SSSR count). The van der Waals surface area contributed by atoms with E-state index >= 15 is 0 Å². The van der Waals surface area contributed by atoms with Crippen molar-refractivity contribution < 1.29 is 9.53 Å². The van der Waals surface area contributed by atoms with E-state index in [0.29, 0.717) is 13.1 Å². The normalized spacial score (nSPS) is 19.2. The van der Waals surface area contributed by atoms with Gasteiger partial charge in [0, 0.05) is 30.2 Å². The Bertz CT molecular complexity index is 737. The van der Waals surface area contributed by atoms with Crippen LogP contribution in [0.15, 0.2) is 16.2 Å². The summed E-state index contributed by atoms with van der Waals surface area (Å²) in [4.78, 5) is 31.0. The number of methoxy groups -OCH3 is 1. The summed E-state index contributed by atoms with van der Waals surface area (Å²) in [6.07, 6.45) is 0.798. The molecule has 0 aromatic carbocycles. The first-order valence-corrected chi connectivity index (χ1v) is 7.73. The van der Waals surface area contributed by atoms with E-state index in [0.717, 1.165) is 29.3 Å². The lowest BCUT2D eigenvalue weighted by Gasteiger charge is -2.14. The molecule has 2 aromatic heterocycles. The average Bonchev–Trinajstić information content (AvgIpc) is 3.05. The van der Waals surface area contributed by atoms with Gasteiger partial charge in [-0.3, -0.25) is 18.9 Å². The van der Waals surface area contributed by atoms with E-state index in [-0.39, 0.29) is 17.4 Å². The molecule has 1 unspecified atom stereocenters. The van der Waals surface area contributed by atoms with Gasteiger partial charge in [-0.2, -0.15) is 0 Å². The van der Waals surface area contributed by atoms with Gasteiger partial charge in [-0.25, -0.2) is 4.98 Å². The predicted octanol–water partition coefficient (Wildman–Crippen LogP) is 1.06. The number of carbonyl (C=O) groups is 1. The number of rotatable bonds is 3. The largest absolute Gasteiger partial charge is 0.469 e. The zero-order valence-electron chi connectivity index (χ0n) is 12.0. The summed E-state index contributed by atoms with van der Waals surface area (Å²) < 4.78 is 6.40. The number of thiazole rings is 1. The van der Waals surface area contributed by atoms with Gasteiger partial charge in [-0.05, 0) is 19.9 Å². The Balaban J connectivity index is 1.77. The Labute approximate surface area is 126 Å². The van der Waals surface area contributed by atoms with Gasteiger partial charge in [-0.15, -0.1) is 11.3 Å². The first kappa shape index (κ1) is 14.2. The van der Waals surface area contributed by atoms with E-state index in [4.69, 9.17) is 4.74 Å². The molecular weight excluding hydrogens is 290 g/mol. The molecule has 3 heterocycles. The van der Waals surface area contributed by atoms with E-state index in [1.807, 2.05) is 12.3 Å². The van der Waals surface area contributed by atoms with E-state index in [1.165, 1.54) is 18.4 Å². The molecule has 0 bridgehead atoms. The molecule has 1 aliphatic rings. The molecule has 2 aromatic rings. The van der Waals surface area contributed by atoms with Crippen LogP contribution in [0, 0.1) is 12.8 Å². The minimum atomic E-state index is -0.158. The highest BCUT2D eigenvalue weighted by atomic mass is 32.1. The molecule has 7 heteroatoms. The van der Waals surface area contributed by atoms with Crippen molar-refractivity contribution in [2.45, 2.75) is 19.9 Å². The molecule has 0 amide bonds. The van der Waals surface area contributed by atoms with Gasteiger partial charge in [0.1, 0.15) is 0 Å².